The highest BCUT2D eigenvalue weighted by atomic mass is 16.7. The fraction of sp³-hybridized carbons (Fsp3) is 0.929. The van der Waals surface area contributed by atoms with Gasteiger partial charge in [-0.1, -0.05) is 0 Å². The molecule has 12 heteroatoms. The molecular formula is C14H25NO11. The van der Waals surface area contributed by atoms with E-state index in [2.05, 4.69) is 5.32 Å². The second-order valence-corrected chi connectivity index (χ2v) is 6.30. The first-order valence-electron chi connectivity index (χ1n) is 8.06. The third kappa shape index (κ3) is 4.48. The van der Waals surface area contributed by atoms with Crippen LogP contribution in [0.1, 0.15) is 6.92 Å². The second kappa shape index (κ2) is 8.84. The van der Waals surface area contributed by atoms with Gasteiger partial charge in [-0.05, 0) is 0 Å². The highest BCUT2D eigenvalue weighted by Crippen LogP contribution is 2.24. The van der Waals surface area contributed by atoms with Crippen LogP contribution < -0.4 is 5.32 Å². The lowest BCUT2D eigenvalue weighted by Crippen LogP contribution is -2.64. The predicted octanol–water partition coefficient (Wildman–Crippen LogP) is -5.25. The minimum atomic E-state index is -1.64. The fourth-order valence-electron chi connectivity index (χ4n) is 2.87. The molecule has 2 fully saturated rings. The van der Waals surface area contributed by atoms with E-state index in [0.717, 1.165) is 0 Å². The van der Waals surface area contributed by atoms with Crippen LogP contribution in [0.4, 0.5) is 0 Å². The SMILES string of the molecule is CC(=O)N[C@@H]1[C@@H](O)[C@@H](O)[C@@H](CO[C@H]2O[C@H](CO)[C@H](O)[C@H](O)[C@H]2O)O[C@@H]1O. The Morgan fingerprint density at radius 1 is 0.923 bits per heavy atom. The summed E-state index contributed by atoms with van der Waals surface area (Å²) in [6.07, 6.45) is -13.4. The highest BCUT2D eigenvalue weighted by Gasteiger charge is 2.47. The van der Waals surface area contributed by atoms with Crippen molar-refractivity contribution in [2.45, 2.75) is 68.3 Å². The van der Waals surface area contributed by atoms with Gasteiger partial charge in [0.05, 0.1) is 13.2 Å². The van der Waals surface area contributed by atoms with Gasteiger partial charge in [0.15, 0.2) is 12.6 Å². The number of amides is 1. The molecule has 2 saturated heterocycles. The van der Waals surface area contributed by atoms with E-state index in [0.29, 0.717) is 0 Å². The minimum absolute atomic E-state index is 0.467. The normalized spacial score (nSPS) is 46.8. The molecule has 152 valence electrons. The van der Waals surface area contributed by atoms with E-state index in [1.54, 1.807) is 0 Å². The molecule has 0 unspecified atom stereocenters. The van der Waals surface area contributed by atoms with Crippen LogP contribution in [0.15, 0.2) is 0 Å². The average Bonchev–Trinajstić information content (AvgIpc) is 2.59. The smallest absolute Gasteiger partial charge is 0.217 e. The molecule has 0 aromatic heterocycles. The summed E-state index contributed by atoms with van der Waals surface area (Å²) in [6, 6.07) is -1.24. The van der Waals surface area contributed by atoms with Crippen LogP contribution in [0.25, 0.3) is 0 Å². The number of aliphatic hydroxyl groups is 7. The molecule has 0 spiro atoms. The summed E-state index contributed by atoms with van der Waals surface area (Å²) in [4.78, 5) is 11.1. The van der Waals surface area contributed by atoms with E-state index in [4.69, 9.17) is 19.3 Å². The van der Waals surface area contributed by atoms with Gasteiger partial charge in [0.2, 0.25) is 5.91 Å². The maximum atomic E-state index is 11.1. The Bertz CT molecular complexity index is 478. The Morgan fingerprint density at radius 2 is 1.54 bits per heavy atom. The maximum absolute atomic E-state index is 11.1. The molecule has 8 N–H and O–H groups in total. The summed E-state index contributed by atoms with van der Waals surface area (Å²) in [6.45, 7) is 0.0636. The van der Waals surface area contributed by atoms with Gasteiger partial charge in [0.1, 0.15) is 48.8 Å². The van der Waals surface area contributed by atoms with Gasteiger partial charge < -0.3 is 55.3 Å². The zero-order valence-corrected chi connectivity index (χ0v) is 14.0. The first-order chi connectivity index (χ1) is 12.2. The number of aliphatic hydroxyl groups excluding tert-OH is 7. The zero-order valence-electron chi connectivity index (χ0n) is 14.0. The van der Waals surface area contributed by atoms with Crippen molar-refractivity contribution in [3.8, 4) is 0 Å². The molecular weight excluding hydrogens is 358 g/mol. The molecule has 0 saturated carbocycles. The van der Waals surface area contributed by atoms with Crippen LogP contribution in [0.2, 0.25) is 0 Å². The summed E-state index contributed by atoms with van der Waals surface area (Å²) in [5, 5.41) is 70.6. The lowest BCUT2D eigenvalue weighted by molar-refractivity contribution is -0.318. The summed E-state index contributed by atoms with van der Waals surface area (Å²) >= 11 is 0. The molecule has 2 aliphatic heterocycles. The number of carbonyl (C=O) groups excluding carboxylic acids is 1. The monoisotopic (exact) mass is 383 g/mol. The Morgan fingerprint density at radius 3 is 2.12 bits per heavy atom. The summed E-state index contributed by atoms with van der Waals surface area (Å²) < 4.78 is 15.5. The number of carbonyl (C=O) groups is 1. The fourth-order valence-corrected chi connectivity index (χ4v) is 2.87. The Hall–Kier alpha value is -0.930. The molecule has 12 nitrogen and oxygen atoms in total. The molecule has 2 heterocycles. The van der Waals surface area contributed by atoms with E-state index >= 15 is 0 Å². The molecule has 2 aliphatic rings. The van der Waals surface area contributed by atoms with Gasteiger partial charge >= 0.3 is 0 Å². The molecule has 10 atom stereocenters. The van der Waals surface area contributed by atoms with Crippen LogP contribution in [0.3, 0.4) is 0 Å². The average molecular weight is 383 g/mol. The summed E-state index contributed by atoms with van der Waals surface area (Å²) in [5.74, 6) is -0.542. The Labute approximate surface area is 148 Å². The molecule has 1 amide bonds. The van der Waals surface area contributed by atoms with E-state index in [1.807, 2.05) is 0 Å². The number of hydrogen-bond acceptors (Lipinski definition) is 11. The number of rotatable bonds is 5. The topological polar surface area (TPSA) is 198 Å². The van der Waals surface area contributed by atoms with E-state index in [1.165, 1.54) is 6.92 Å². The molecule has 0 bridgehead atoms. The lowest BCUT2D eigenvalue weighted by Gasteiger charge is -2.42. The van der Waals surface area contributed by atoms with Crippen LogP contribution in [0.5, 0.6) is 0 Å². The van der Waals surface area contributed by atoms with Crippen LogP contribution in [-0.4, -0.2) is 116 Å². The van der Waals surface area contributed by atoms with Crippen LogP contribution >= 0.6 is 0 Å². The molecule has 0 aromatic carbocycles. The van der Waals surface area contributed by atoms with Gasteiger partial charge in [-0.25, -0.2) is 0 Å². The van der Waals surface area contributed by atoms with Gasteiger partial charge in [-0.3, -0.25) is 4.79 Å². The van der Waals surface area contributed by atoms with Crippen molar-refractivity contribution in [2.75, 3.05) is 13.2 Å². The third-order valence-corrected chi connectivity index (χ3v) is 4.36. The summed E-state index contributed by atoms with van der Waals surface area (Å²) in [5.41, 5.74) is 0. The molecule has 0 aromatic rings. The van der Waals surface area contributed by atoms with Gasteiger partial charge in [-0.15, -0.1) is 0 Å². The quantitative estimate of drug-likeness (QED) is 0.226. The van der Waals surface area contributed by atoms with Gasteiger partial charge in [-0.2, -0.15) is 0 Å². The third-order valence-electron chi connectivity index (χ3n) is 4.36. The van der Waals surface area contributed by atoms with Crippen molar-refractivity contribution in [3.05, 3.63) is 0 Å². The van der Waals surface area contributed by atoms with E-state index < -0.39 is 80.5 Å². The standard InChI is InChI=1S/C14H25NO11/c1-4(17)15-7-10(20)9(19)6(25-13(7)23)3-24-14-12(22)11(21)8(18)5(2-16)26-14/h5-14,16,18-23H,2-3H2,1H3,(H,15,17)/t5-,6-,7-,8+,9+,10-,11+,12-,13+,14+/m1/s1. The van der Waals surface area contributed by atoms with Crippen molar-refractivity contribution in [3.63, 3.8) is 0 Å². The number of ether oxygens (including phenoxy) is 3. The van der Waals surface area contributed by atoms with Crippen LogP contribution in [0, 0.1) is 0 Å². The Kier molecular flexibility index (Phi) is 7.27. The Balaban J connectivity index is 1.95. The van der Waals surface area contributed by atoms with Crippen molar-refractivity contribution in [1.82, 2.24) is 5.32 Å². The van der Waals surface area contributed by atoms with Crippen molar-refractivity contribution in [1.29, 1.82) is 0 Å². The first-order valence-corrected chi connectivity index (χ1v) is 8.06. The van der Waals surface area contributed by atoms with Gasteiger partial charge in [0.25, 0.3) is 0 Å². The molecule has 0 aliphatic carbocycles. The van der Waals surface area contributed by atoms with E-state index in [-0.39, 0.29) is 0 Å². The number of hydrogen-bond donors (Lipinski definition) is 8. The first kappa shape index (κ1) is 21.4. The molecule has 0 radical (unpaired) electrons. The highest BCUT2D eigenvalue weighted by molar-refractivity contribution is 5.73. The second-order valence-electron chi connectivity index (χ2n) is 6.30. The van der Waals surface area contributed by atoms with Crippen LogP contribution in [-0.2, 0) is 19.0 Å². The summed E-state index contributed by atoms with van der Waals surface area (Å²) in [7, 11) is 0. The largest absolute Gasteiger partial charge is 0.394 e. The van der Waals surface area contributed by atoms with Crippen molar-refractivity contribution < 1.29 is 54.8 Å². The lowest BCUT2D eigenvalue weighted by atomic mass is 9.97. The van der Waals surface area contributed by atoms with Gasteiger partial charge in [0, 0.05) is 6.92 Å². The minimum Gasteiger partial charge on any atom is -0.394 e. The molecule has 26 heavy (non-hydrogen) atoms. The number of nitrogens with one attached hydrogen (secondary N) is 1. The van der Waals surface area contributed by atoms with E-state index in [9.17, 15) is 35.4 Å². The zero-order chi connectivity index (χ0) is 19.6. The predicted molar refractivity (Wildman–Crippen MR) is 80.2 cm³/mol. The maximum Gasteiger partial charge on any atom is 0.217 e. The van der Waals surface area contributed by atoms with Crippen molar-refractivity contribution in [2.24, 2.45) is 0 Å². The van der Waals surface area contributed by atoms with Crippen molar-refractivity contribution >= 4 is 5.91 Å². The molecule has 2 rings (SSSR count).